The Hall–Kier alpha value is -2.42. The van der Waals surface area contributed by atoms with E-state index in [1.807, 2.05) is 43.3 Å². The van der Waals surface area contributed by atoms with Gasteiger partial charge < -0.3 is 9.32 Å². The topological polar surface area (TPSA) is 74.1 Å². The molecule has 5 rings (SSSR count). The van der Waals surface area contributed by atoms with E-state index >= 15 is 0 Å². The second-order valence-corrected chi connectivity index (χ2v) is 9.95. The highest BCUT2D eigenvalue weighted by atomic mass is 32.2. The van der Waals surface area contributed by atoms with Gasteiger partial charge in [0.15, 0.2) is 5.76 Å². The number of amides is 1. The molecular weight excluding hydrogens is 402 g/mol. The fraction of sp³-hybridized carbons (Fsp3) is 0.409. The third-order valence-corrected chi connectivity index (χ3v) is 8.30. The minimum Gasteiger partial charge on any atom is -0.450 e. The summed E-state index contributed by atoms with van der Waals surface area (Å²) >= 11 is 0. The summed E-state index contributed by atoms with van der Waals surface area (Å²) in [5.41, 5.74) is 1.55. The zero-order chi connectivity index (χ0) is 20.9. The Kier molecular flexibility index (Phi) is 4.80. The van der Waals surface area contributed by atoms with Crippen LogP contribution < -0.4 is 0 Å². The highest BCUT2D eigenvalue weighted by Crippen LogP contribution is 2.32. The second kappa shape index (κ2) is 7.37. The molecule has 2 fully saturated rings. The van der Waals surface area contributed by atoms with Crippen molar-refractivity contribution in [1.29, 1.82) is 0 Å². The normalized spacial score (nSPS) is 19.2. The molecule has 2 aliphatic rings. The highest BCUT2D eigenvalue weighted by Gasteiger charge is 2.35. The molecule has 0 saturated carbocycles. The van der Waals surface area contributed by atoms with Crippen LogP contribution >= 0.6 is 0 Å². The van der Waals surface area contributed by atoms with Crippen LogP contribution in [-0.4, -0.2) is 67.1 Å². The summed E-state index contributed by atoms with van der Waals surface area (Å²) in [5, 5.41) is 2.99. The van der Waals surface area contributed by atoms with E-state index in [0.29, 0.717) is 45.0 Å². The van der Waals surface area contributed by atoms with E-state index in [1.165, 1.54) is 4.31 Å². The second-order valence-electron chi connectivity index (χ2n) is 8.02. The van der Waals surface area contributed by atoms with Crippen molar-refractivity contribution in [3.05, 3.63) is 47.7 Å². The van der Waals surface area contributed by atoms with Gasteiger partial charge in [0.1, 0.15) is 5.58 Å². The lowest BCUT2D eigenvalue weighted by Crippen LogP contribution is -2.53. The molecule has 3 heterocycles. The largest absolute Gasteiger partial charge is 0.450 e. The van der Waals surface area contributed by atoms with E-state index in [1.54, 1.807) is 9.21 Å². The number of benzene rings is 2. The van der Waals surface area contributed by atoms with E-state index in [-0.39, 0.29) is 5.91 Å². The van der Waals surface area contributed by atoms with Gasteiger partial charge in [0, 0.05) is 55.6 Å². The molecule has 3 aromatic rings. The van der Waals surface area contributed by atoms with E-state index in [2.05, 4.69) is 0 Å². The molecular formula is C22H25N3O4S. The van der Waals surface area contributed by atoms with Gasteiger partial charge in [0.25, 0.3) is 16.1 Å². The molecule has 0 spiro atoms. The third-order valence-electron chi connectivity index (χ3n) is 6.27. The molecule has 8 heteroatoms. The number of aryl methyl sites for hydroxylation is 1. The minimum atomic E-state index is -3.42. The van der Waals surface area contributed by atoms with Gasteiger partial charge in [0.05, 0.1) is 0 Å². The molecule has 0 aliphatic carbocycles. The molecule has 1 aromatic heterocycles. The van der Waals surface area contributed by atoms with Crippen molar-refractivity contribution in [2.45, 2.75) is 19.8 Å². The maximum absolute atomic E-state index is 13.2. The Morgan fingerprint density at radius 3 is 2.27 bits per heavy atom. The monoisotopic (exact) mass is 427 g/mol. The van der Waals surface area contributed by atoms with Crippen LogP contribution in [0, 0.1) is 6.92 Å². The molecule has 0 atom stereocenters. The molecule has 2 saturated heterocycles. The first-order valence-corrected chi connectivity index (χ1v) is 11.8. The third kappa shape index (κ3) is 3.10. The van der Waals surface area contributed by atoms with E-state index in [9.17, 15) is 13.2 Å². The van der Waals surface area contributed by atoms with Gasteiger partial charge in [-0.25, -0.2) is 0 Å². The van der Waals surface area contributed by atoms with Gasteiger partial charge in [-0.05, 0) is 25.2 Å². The Labute approximate surface area is 176 Å². The minimum absolute atomic E-state index is 0.175. The van der Waals surface area contributed by atoms with Crippen molar-refractivity contribution < 1.29 is 17.6 Å². The van der Waals surface area contributed by atoms with Gasteiger partial charge in [-0.1, -0.05) is 36.4 Å². The van der Waals surface area contributed by atoms with Crippen molar-refractivity contribution in [1.82, 2.24) is 13.5 Å². The summed E-state index contributed by atoms with van der Waals surface area (Å²) in [6.45, 7) is 4.44. The smallest absolute Gasteiger partial charge is 0.289 e. The maximum atomic E-state index is 13.2. The average molecular weight is 428 g/mol. The van der Waals surface area contributed by atoms with Gasteiger partial charge in [-0.2, -0.15) is 17.0 Å². The lowest BCUT2D eigenvalue weighted by molar-refractivity contribution is 0.0664. The summed E-state index contributed by atoms with van der Waals surface area (Å²) in [5.74, 6) is 0.170. The molecule has 7 nitrogen and oxygen atoms in total. The zero-order valence-corrected chi connectivity index (χ0v) is 17.8. The van der Waals surface area contributed by atoms with Crippen molar-refractivity contribution in [3.63, 3.8) is 0 Å². The molecule has 0 bridgehead atoms. The van der Waals surface area contributed by atoms with Gasteiger partial charge >= 0.3 is 0 Å². The quantitative estimate of drug-likeness (QED) is 0.644. The summed E-state index contributed by atoms with van der Waals surface area (Å²) in [7, 11) is -3.42. The van der Waals surface area contributed by atoms with Gasteiger partial charge in [-0.3, -0.25) is 4.79 Å². The van der Waals surface area contributed by atoms with E-state index in [0.717, 1.165) is 40.1 Å². The molecule has 0 N–H and O–H groups in total. The Morgan fingerprint density at radius 2 is 1.53 bits per heavy atom. The Morgan fingerprint density at radius 1 is 0.867 bits per heavy atom. The lowest BCUT2D eigenvalue weighted by atomic mass is 10.1. The highest BCUT2D eigenvalue weighted by molar-refractivity contribution is 7.86. The summed E-state index contributed by atoms with van der Waals surface area (Å²) < 4.78 is 34.6. The number of rotatable bonds is 3. The number of carbonyl (C=O) groups excluding carboxylic acids is 1. The van der Waals surface area contributed by atoms with Crippen molar-refractivity contribution >= 4 is 37.9 Å². The van der Waals surface area contributed by atoms with Crippen molar-refractivity contribution in [3.8, 4) is 0 Å². The average Bonchev–Trinajstić information content (AvgIpc) is 3.42. The predicted octanol–water partition coefficient (Wildman–Crippen LogP) is 2.99. The number of nitrogens with zero attached hydrogens (tertiary/aromatic N) is 3. The first-order valence-electron chi connectivity index (χ1n) is 10.4. The molecule has 2 aromatic carbocycles. The van der Waals surface area contributed by atoms with Crippen LogP contribution in [-0.2, 0) is 10.2 Å². The summed E-state index contributed by atoms with van der Waals surface area (Å²) in [6.07, 6.45) is 1.83. The number of piperazine rings is 1. The Bertz CT molecular complexity index is 1220. The summed E-state index contributed by atoms with van der Waals surface area (Å²) in [4.78, 5) is 14.9. The van der Waals surface area contributed by atoms with Crippen LogP contribution in [0.15, 0.2) is 40.8 Å². The molecule has 0 unspecified atom stereocenters. The number of hydrogen-bond acceptors (Lipinski definition) is 4. The molecule has 0 radical (unpaired) electrons. The van der Waals surface area contributed by atoms with Crippen LogP contribution in [0.5, 0.6) is 0 Å². The molecule has 2 aliphatic heterocycles. The van der Waals surface area contributed by atoms with Crippen LogP contribution in [0.4, 0.5) is 0 Å². The zero-order valence-electron chi connectivity index (χ0n) is 17.0. The SMILES string of the molecule is Cc1c(C(=O)N2CCN(S(=O)(=O)N3CCCC3)CC2)oc2c1ccc1ccccc12. The maximum Gasteiger partial charge on any atom is 0.289 e. The van der Waals surface area contributed by atoms with E-state index in [4.69, 9.17) is 4.42 Å². The fourth-order valence-electron chi connectivity index (χ4n) is 4.50. The van der Waals surface area contributed by atoms with Crippen LogP contribution in [0.2, 0.25) is 0 Å². The lowest BCUT2D eigenvalue weighted by Gasteiger charge is -2.35. The number of carbonyl (C=O) groups is 1. The Balaban J connectivity index is 1.37. The van der Waals surface area contributed by atoms with Crippen LogP contribution in [0.25, 0.3) is 21.7 Å². The number of furan rings is 1. The molecule has 1 amide bonds. The van der Waals surface area contributed by atoms with E-state index < -0.39 is 10.2 Å². The molecule has 30 heavy (non-hydrogen) atoms. The molecule has 158 valence electrons. The van der Waals surface area contributed by atoms with Gasteiger partial charge in [0.2, 0.25) is 0 Å². The van der Waals surface area contributed by atoms with Crippen molar-refractivity contribution in [2.75, 3.05) is 39.3 Å². The van der Waals surface area contributed by atoms with Gasteiger partial charge in [-0.15, -0.1) is 0 Å². The number of hydrogen-bond donors (Lipinski definition) is 0. The standard InChI is InChI=1S/C22H25N3O4S/c1-16-18-9-8-17-6-2-3-7-19(17)21(18)29-20(16)22(26)23-12-14-25(15-13-23)30(27,28)24-10-4-5-11-24/h2-3,6-9H,4-5,10-15H2,1H3. The first kappa shape index (κ1) is 19.5. The van der Waals surface area contributed by atoms with Crippen LogP contribution in [0.1, 0.15) is 29.0 Å². The van der Waals surface area contributed by atoms with Crippen LogP contribution in [0.3, 0.4) is 0 Å². The fourth-order valence-corrected chi connectivity index (χ4v) is 6.17. The predicted molar refractivity (Wildman–Crippen MR) is 116 cm³/mol. The number of fused-ring (bicyclic) bond motifs is 3. The summed E-state index contributed by atoms with van der Waals surface area (Å²) in [6, 6.07) is 12.0. The van der Waals surface area contributed by atoms with Crippen molar-refractivity contribution in [2.24, 2.45) is 0 Å². The first-order chi connectivity index (χ1) is 14.5.